The Bertz CT molecular complexity index is 425. The molecule has 0 unspecified atom stereocenters. The molecule has 84 valence electrons. The lowest BCUT2D eigenvalue weighted by molar-refractivity contribution is -0.384. The summed E-state index contributed by atoms with van der Waals surface area (Å²) in [6, 6.07) is 6.26. The second kappa shape index (κ2) is 5.68. The van der Waals surface area contributed by atoms with E-state index >= 15 is 0 Å². The molecule has 0 bridgehead atoms. The predicted octanol–water partition coefficient (Wildman–Crippen LogP) is 0.510. The molecule has 1 aromatic rings. The number of nitro groups is 1. The highest BCUT2D eigenvalue weighted by atomic mass is 16.6. The minimum Gasteiger partial charge on any atom is -0.379 e. The fraction of sp³-hybridized carbons (Fsp3) is 0.300. The van der Waals surface area contributed by atoms with Crippen LogP contribution in [-0.2, 0) is 0 Å². The van der Waals surface area contributed by atoms with Crippen LogP contribution in [0.2, 0.25) is 0 Å². The van der Waals surface area contributed by atoms with Gasteiger partial charge in [-0.15, -0.1) is 0 Å². The summed E-state index contributed by atoms with van der Waals surface area (Å²) in [5.41, 5.74) is 4.35. The molecular weight excluding hydrogens is 208 g/mol. The smallest absolute Gasteiger partial charge is 0.293 e. The first-order chi connectivity index (χ1) is 7.69. The second-order valence-corrected chi connectivity index (χ2v) is 3.23. The number of benzene rings is 1. The number of nitrogens with one attached hydrogen (secondary N) is 1. The molecule has 0 saturated heterocycles. The van der Waals surface area contributed by atoms with Crippen LogP contribution < -0.4 is 11.1 Å². The lowest BCUT2D eigenvalue weighted by Gasteiger charge is -2.05. The van der Waals surface area contributed by atoms with Crippen molar-refractivity contribution in [2.24, 2.45) is 0 Å². The number of nitriles is 1. The molecule has 0 spiro atoms. The SMILES string of the molecule is N#Cc1ccc(NCCC[NH3+])c([N+](=O)[O-])c1. The van der Waals surface area contributed by atoms with Crippen LogP contribution in [0.25, 0.3) is 0 Å². The minimum absolute atomic E-state index is 0.0666. The zero-order valence-corrected chi connectivity index (χ0v) is 8.77. The Hall–Kier alpha value is -2.13. The summed E-state index contributed by atoms with van der Waals surface area (Å²) < 4.78 is 0. The van der Waals surface area contributed by atoms with E-state index in [1.165, 1.54) is 6.07 Å². The molecule has 0 aliphatic carbocycles. The Morgan fingerprint density at radius 2 is 2.31 bits per heavy atom. The van der Waals surface area contributed by atoms with Gasteiger partial charge in [0, 0.05) is 19.0 Å². The van der Waals surface area contributed by atoms with Gasteiger partial charge in [0.1, 0.15) is 5.69 Å². The van der Waals surface area contributed by atoms with Crippen molar-refractivity contribution in [3.63, 3.8) is 0 Å². The van der Waals surface area contributed by atoms with Crippen molar-refractivity contribution in [3.05, 3.63) is 33.9 Å². The van der Waals surface area contributed by atoms with E-state index in [-0.39, 0.29) is 11.3 Å². The van der Waals surface area contributed by atoms with Crippen LogP contribution in [0.5, 0.6) is 0 Å². The number of nitrogens with zero attached hydrogens (tertiary/aromatic N) is 2. The monoisotopic (exact) mass is 221 g/mol. The molecule has 6 nitrogen and oxygen atoms in total. The number of rotatable bonds is 5. The summed E-state index contributed by atoms with van der Waals surface area (Å²) in [5, 5.41) is 22.4. The standard InChI is InChI=1S/C10H12N4O2/c11-4-1-5-13-9-3-2-8(7-12)6-10(9)14(15)16/h2-3,6,13H,1,4-5,11H2/p+1. The first-order valence-electron chi connectivity index (χ1n) is 4.90. The van der Waals surface area contributed by atoms with Crippen LogP contribution in [0.1, 0.15) is 12.0 Å². The third-order valence-corrected chi connectivity index (χ3v) is 2.07. The Labute approximate surface area is 92.8 Å². The summed E-state index contributed by atoms with van der Waals surface area (Å²) in [6.07, 6.45) is 0.844. The van der Waals surface area contributed by atoms with E-state index in [4.69, 9.17) is 5.26 Å². The summed E-state index contributed by atoms with van der Waals surface area (Å²) >= 11 is 0. The molecule has 0 aromatic heterocycles. The molecule has 0 heterocycles. The summed E-state index contributed by atoms with van der Waals surface area (Å²) in [5.74, 6) is 0. The number of hydrogen-bond donors (Lipinski definition) is 2. The third-order valence-electron chi connectivity index (χ3n) is 2.07. The van der Waals surface area contributed by atoms with Gasteiger partial charge in [-0.05, 0) is 12.1 Å². The average molecular weight is 221 g/mol. The van der Waals surface area contributed by atoms with Crippen LogP contribution in [-0.4, -0.2) is 18.0 Å². The van der Waals surface area contributed by atoms with Crippen molar-refractivity contribution in [2.75, 3.05) is 18.4 Å². The Morgan fingerprint density at radius 3 is 2.88 bits per heavy atom. The molecular formula is C10H13N4O2+. The highest BCUT2D eigenvalue weighted by Gasteiger charge is 2.13. The Morgan fingerprint density at radius 1 is 1.56 bits per heavy atom. The summed E-state index contributed by atoms with van der Waals surface area (Å²) in [4.78, 5) is 10.3. The quantitative estimate of drug-likeness (QED) is 0.429. The van der Waals surface area contributed by atoms with Gasteiger partial charge in [0.25, 0.3) is 5.69 Å². The molecule has 0 aliphatic rings. The zero-order chi connectivity index (χ0) is 12.0. The van der Waals surface area contributed by atoms with Gasteiger partial charge in [0.15, 0.2) is 0 Å². The van der Waals surface area contributed by atoms with Gasteiger partial charge in [-0.25, -0.2) is 0 Å². The number of anilines is 1. The Balaban J connectivity index is 2.91. The second-order valence-electron chi connectivity index (χ2n) is 3.23. The van der Waals surface area contributed by atoms with Crippen molar-refractivity contribution in [3.8, 4) is 6.07 Å². The molecule has 0 radical (unpaired) electrons. The minimum atomic E-state index is -0.493. The van der Waals surface area contributed by atoms with Gasteiger partial charge < -0.3 is 11.1 Å². The topological polar surface area (TPSA) is 107 Å². The van der Waals surface area contributed by atoms with Gasteiger partial charge in [0.05, 0.1) is 23.1 Å². The summed E-state index contributed by atoms with van der Waals surface area (Å²) in [7, 11) is 0. The number of quaternary nitrogens is 1. The van der Waals surface area contributed by atoms with Crippen molar-refractivity contribution < 1.29 is 10.7 Å². The third kappa shape index (κ3) is 2.93. The van der Waals surface area contributed by atoms with Crippen LogP contribution in [0.4, 0.5) is 11.4 Å². The highest BCUT2D eigenvalue weighted by molar-refractivity contribution is 5.63. The van der Waals surface area contributed by atoms with Gasteiger partial charge in [-0.3, -0.25) is 10.1 Å². The highest BCUT2D eigenvalue weighted by Crippen LogP contribution is 2.25. The molecule has 16 heavy (non-hydrogen) atoms. The molecule has 6 heteroatoms. The van der Waals surface area contributed by atoms with E-state index in [1.807, 2.05) is 6.07 Å². The maximum absolute atomic E-state index is 10.8. The molecule has 0 fully saturated rings. The first-order valence-corrected chi connectivity index (χ1v) is 4.90. The lowest BCUT2D eigenvalue weighted by atomic mass is 10.2. The predicted molar refractivity (Wildman–Crippen MR) is 58.7 cm³/mol. The van der Waals surface area contributed by atoms with Crippen LogP contribution in [0, 0.1) is 21.4 Å². The van der Waals surface area contributed by atoms with Gasteiger partial charge >= 0.3 is 0 Å². The zero-order valence-electron chi connectivity index (χ0n) is 8.77. The maximum atomic E-state index is 10.8. The van der Waals surface area contributed by atoms with Crippen molar-refractivity contribution >= 4 is 11.4 Å². The van der Waals surface area contributed by atoms with Crippen LogP contribution in [0.3, 0.4) is 0 Å². The van der Waals surface area contributed by atoms with Gasteiger partial charge in [0.2, 0.25) is 0 Å². The first kappa shape index (κ1) is 11.9. The lowest BCUT2D eigenvalue weighted by Crippen LogP contribution is -2.50. The van der Waals surface area contributed by atoms with Crippen molar-refractivity contribution in [2.45, 2.75) is 6.42 Å². The molecule has 0 saturated carbocycles. The average Bonchev–Trinajstić information content (AvgIpc) is 2.29. The summed E-state index contributed by atoms with van der Waals surface area (Å²) in [6.45, 7) is 1.41. The molecule has 1 aromatic carbocycles. The fourth-order valence-corrected chi connectivity index (χ4v) is 1.25. The van der Waals surface area contributed by atoms with Crippen LogP contribution in [0.15, 0.2) is 18.2 Å². The van der Waals surface area contributed by atoms with E-state index in [1.54, 1.807) is 12.1 Å². The van der Waals surface area contributed by atoms with Gasteiger partial charge in [-0.1, -0.05) is 0 Å². The normalized spacial score (nSPS) is 9.50. The Kier molecular flexibility index (Phi) is 4.24. The maximum Gasteiger partial charge on any atom is 0.293 e. The van der Waals surface area contributed by atoms with E-state index in [9.17, 15) is 10.1 Å². The van der Waals surface area contributed by atoms with Crippen LogP contribution >= 0.6 is 0 Å². The molecule has 0 aliphatic heterocycles. The molecule has 1 rings (SSSR count). The molecule has 0 atom stereocenters. The van der Waals surface area contributed by atoms with Gasteiger partial charge in [-0.2, -0.15) is 5.26 Å². The van der Waals surface area contributed by atoms with E-state index in [2.05, 4.69) is 11.1 Å². The van der Waals surface area contributed by atoms with E-state index < -0.39 is 4.92 Å². The van der Waals surface area contributed by atoms with Crippen molar-refractivity contribution in [1.82, 2.24) is 0 Å². The molecule has 4 N–H and O–H groups in total. The largest absolute Gasteiger partial charge is 0.379 e. The number of hydrogen-bond acceptors (Lipinski definition) is 4. The van der Waals surface area contributed by atoms with E-state index in [0.717, 1.165) is 13.0 Å². The fourth-order valence-electron chi connectivity index (χ4n) is 1.25. The van der Waals surface area contributed by atoms with E-state index in [0.29, 0.717) is 12.2 Å². The molecule has 0 amide bonds. The van der Waals surface area contributed by atoms with Crippen molar-refractivity contribution in [1.29, 1.82) is 5.26 Å². The number of nitro benzene ring substituents is 1.